The number of rotatable bonds is 3. The van der Waals surface area contributed by atoms with Gasteiger partial charge in [0.1, 0.15) is 0 Å². The Bertz CT molecular complexity index is 594. The molecule has 3 rings (SSSR count). The van der Waals surface area contributed by atoms with Crippen molar-refractivity contribution < 1.29 is 18.0 Å². The molecule has 1 amide bonds. The number of hydrogen-bond donors (Lipinski definition) is 0. The van der Waals surface area contributed by atoms with Crippen molar-refractivity contribution in [3.8, 4) is 0 Å². The molecule has 2 fully saturated rings. The Kier molecular flexibility index (Phi) is 5.43. The highest BCUT2D eigenvalue weighted by Gasteiger charge is 2.27. The molecule has 2 aliphatic rings. The largest absolute Gasteiger partial charge is 0.336 e. The van der Waals surface area contributed by atoms with Gasteiger partial charge in [-0.25, -0.2) is 13.2 Å². The standard InChI is InChI=1S/C18H23F3N2O/c19-15-7-6-14(16(20)17(15)21)18(24)23-10-8-22(9-11-23)12-13-4-2-1-3-5-13/h6-7,13H,1-5,8-12H2. The van der Waals surface area contributed by atoms with Crippen LogP contribution in [0.15, 0.2) is 12.1 Å². The van der Waals surface area contributed by atoms with Gasteiger partial charge >= 0.3 is 0 Å². The molecule has 0 unspecified atom stereocenters. The minimum Gasteiger partial charge on any atom is -0.336 e. The summed E-state index contributed by atoms with van der Waals surface area (Å²) in [5.41, 5.74) is -0.394. The second-order valence-electron chi connectivity index (χ2n) is 6.82. The van der Waals surface area contributed by atoms with Gasteiger partial charge in [0.25, 0.3) is 5.91 Å². The lowest BCUT2D eigenvalue weighted by Gasteiger charge is -2.37. The van der Waals surface area contributed by atoms with Crippen LogP contribution in [0.1, 0.15) is 42.5 Å². The maximum Gasteiger partial charge on any atom is 0.257 e. The lowest BCUT2D eigenvalue weighted by Crippen LogP contribution is -2.50. The predicted octanol–water partition coefficient (Wildman–Crippen LogP) is 3.44. The van der Waals surface area contributed by atoms with Crippen molar-refractivity contribution in [3.63, 3.8) is 0 Å². The van der Waals surface area contributed by atoms with Crippen molar-refractivity contribution in [1.82, 2.24) is 9.80 Å². The topological polar surface area (TPSA) is 23.6 Å². The number of carbonyl (C=O) groups is 1. The maximum absolute atomic E-state index is 13.8. The highest BCUT2D eigenvalue weighted by molar-refractivity contribution is 5.94. The number of hydrogen-bond acceptors (Lipinski definition) is 2. The molecule has 0 radical (unpaired) electrons. The third kappa shape index (κ3) is 3.74. The third-order valence-electron chi connectivity index (χ3n) is 5.17. The zero-order chi connectivity index (χ0) is 17.1. The first kappa shape index (κ1) is 17.3. The van der Waals surface area contributed by atoms with Crippen LogP contribution < -0.4 is 0 Å². The van der Waals surface area contributed by atoms with Crippen LogP contribution in [0, 0.1) is 23.4 Å². The second-order valence-corrected chi connectivity index (χ2v) is 6.82. The Hall–Kier alpha value is -1.56. The molecule has 1 aliphatic carbocycles. The van der Waals surface area contributed by atoms with Crippen molar-refractivity contribution in [2.24, 2.45) is 5.92 Å². The van der Waals surface area contributed by atoms with Gasteiger partial charge in [-0.05, 0) is 30.9 Å². The molecule has 1 heterocycles. The monoisotopic (exact) mass is 340 g/mol. The average Bonchev–Trinajstić information content (AvgIpc) is 2.61. The summed E-state index contributed by atoms with van der Waals surface area (Å²) in [6.07, 6.45) is 6.49. The van der Waals surface area contributed by atoms with Crippen molar-refractivity contribution >= 4 is 5.91 Å². The van der Waals surface area contributed by atoms with Crippen LogP contribution in [0.5, 0.6) is 0 Å². The van der Waals surface area contributed by atoms with Crippen LogP contribution in [0.2, 0.25) is 0 Å². The minimum atomic E-state index is -1.59. The average molecular weight is 340 g/mol. The highest BCUT2D eigenvalue weighted by Crippen LogP contribution is 2.25. The van der Waals surface area contributed by atoms with Gasteiger partial charge in [-0.15, -0.1) is 0 Å². The molecule has 1 aliphatic heterocycles. The molecular weight excluding hydrogens is 317 g/mol. The van der Waals surface area contributed by atoms with E-state index in [1.807, 2.05) is 0 Å². The molecule has 0 atom stereocenters. The zero-order valence-corrected chi connectivity index (χ0v) is 13.7. The predicted molar refractivity (Wildman–Crippen MR) is 85.2 cm³/mol. The van der Waals surface area contributed by atoms with E-state index in [2.05, 4.69) is 4.90 Å². The molecule has 0 N–H and O–H groups in total. The van der Waals surface area contributed by atoms with E-state index in [4.69, 9.17) is 0 Å². The number of benzene rings is 1. The molecule has 1 aromatic carbocycles. The van der Waals surface area contributed by atoms with Crippen molar-refractivity contribution in [2.75, 3.05) is 32.7 Å². The Morgan fingerprint density at radius 3 is 2.29 bits per heavy atom. The first-order chi connectivity index (χ1) is 11.6. The van der Waals surface area contributed by atoms with Crippen LogP contribution in [0.3, 0.4) is 0 Å². The van der Waals surface area contributed by atoms with E-state index in [0.29, 0.717) is 13.1 Å². The fourth-order valence-corrected chi connectivity index (χ4v) is 3.73. The third-order valence-corrected chi connectivity index (χ3v) is 5.17. The lowest BCUT2D eigenvalue weighted by atomic mass is 9.89. The van der Waals surface area contributed by atoms with E-state index >= 15 is 0 Å². The van der Waals surface area contributed by atoms with Crippen LogP contribution in [-0.2, 0) is 0 Å². The van der Waals surface area contributed by atoms with Crippen molar-refractivity contribution in [3.05, 3.63) is 35.1 Å². The normalized spacial score (nSPS) is 20.4. The number of carbonyl (C=O) groups excluding carboxylic acids is 1. The summed E-state index contributed by atoms with van der Waals surface area (Å²) in [4.78, 5) is 16.2. The van der Waals surface area contributed by atoms with Gasteiger partial charge in [0.15, 0.2) is 17.5 Å². The van der Waals surface area contributed by atoms with Crippen LogP contribution >= 0.6 is 0 Å². The van der Waals surface area contributed by atoms with Gasteiger partial charge in [-0.1, -0.05) is 19.3 Å². The first-order valence-corrected chi connectivity index (χ1v) is 8.71. The van der Waals surface area contributed by atoms with Gasteiger partial charge in [0, 0.05) is 32.7 Å². The van der Waals surface area contributed by atoms with Gasteiger partial charge in [0.05, 0.1) is 5.56 Å². The van der Waals surface area contributed by atoms with E-state index in [0.717, 1.165) is 37.7 Å². The summed E-state index contributed by atoms with van der Waals surface area (Å²) in [6.45, 7) is 3.52. The molecule has 1 saturated carbocycles. The van der Waals surface area contributed by atoms with Gasteiger partial charge < -0.3 is 4.90 Å². The summed E-state index contributed by atoms with van der Waals surface area (Å²) < 4.78 is 40.1. The summed E-state index contributed by atoms with van der Waals surface area (Å²) in [5.74, 6) is -4.09. The van der Waals surface area contributed by atoms with Crippen LogP contribution in [-0.4, -0.2) is 48.4 Å². The summed E-state index contributed by atoms with van der Waals surface area (Å²) in [6, 6.07) is 1.81. The van der Waals surface area contributed by atoms with E-state index in [1.54, 1.807) is 0 Å². The van der Waals surface area contributed by atoms with E-state index in [-0.39, 0.29) is 0 Å². The smallest absolute Gasteiger partial charge is 0.257 e. The molecule has 132 valence electrons. The molecule has 0 bridgehead atoms. The molecule has 6 heteroatoms. The second kappa shape index (κ2) is 7.55. The minimum absolute atomic E-state index is 0.394. The van der Waals surface area contributed by atoms with Crippen LogP contribution in [0.25, 0.3) is 0 Å². The summed E-state index contributed by atoms with van der Waals surface area (Å²) >= 11 is 0. The van der Waals surface area contributed by atoms with Crippen LogP contribution in [0.4, 0.5) is 13.2 Å². The fourth-order valence-electron chi connectivity index (χ4n) is 3.73. The molecule has 3 nitrogen and oxygen atoms in total. The van der Waals surface area contributed by atoms with Gasteiger partial charge in [0.2, 0.25) is 0 Å². The highest BCUT2D eigenvalue weighted by atomic mass is 19.2. The Morgan fingerprint density at radius 2 is 1.62 bits per heavy atom. The molecular formula is C18H23F3N2O. The quantitative estimate of drug-likeness (QED) is 0.787. The van der Waals surface area contributed by atoms with E-state index in [1.165, 1.54) is 37.0 Å². The van der Waals surface area contributed by atoms with Crippen molar-refractivity contribution in [2.45, 2.75) is 32.1 Å². The number of nitrogens with zero attached hydrogens (tertiary/aromatic N) is 2. The fraction of sp³-hybridized carbons (Fsp3) is 0.611. The van der Waals surface area contributed by atoms with E-state index < -0.39 is 28.9 Å². The zero-order valence-electron chi connectivity index (χ0n) is 13.7. The summed E-state index contributed by atoms with van der Waals surface area (Å²) in [7, 11) is 0. The Balaban J connectivity index is 1.56. The molecule has 24 heavy (non-hydrogen) atoms. The molecule has 1 aromatic rings. The molecule has 0 spiro atoms. The number of amides is 1. The summed E-state index contributed by atoms with van der Waals surface area (Å²) in [5, 5.41) is 0. The van der Waals surface area contributed by atoms with E-state index in [9.17, 15) is 18.0 Å². The molecule has 0 aromatic heterocycles. The van der Waals surface area contributed by atoms with Crippen molar-refractivity contribution in [1.29, 1.82) is 0 Å². The van der Waals surface area contributed by atoms with Gasteiger partial charge in [-0.3, -0.25) is 9.69 Å². The number of piperazine rings is 1. The maximum atomic E-state index is 13.8. The Morgan fingerprint density at radius 1 is 0.958 bits per heavy atom. The first-order valence-electron chi connectivity index (χ1n) is 8.71. The number of halogens is 3. The molecule has 1 saturated heterocycles. The SMILES string of the molecule is O=C(c1ccc(F)c(F)c1F)N1CCN(CC2CCCCC2)CC1. The van der Waals surface area contributed by atoms with Gasteiger partial charge in [-0.2, -0.15) is 0 Å². The Labute approximate surface area is 140 Å². The lowest BCUT2D eigenvalue weighted by molar-refractivity contribution is 0.0600.